The van der Waals surface area contributed by atoms with Crippen LogP contribution in [0.1, 0.15) is 0 Å². The van der Waals surface area contributed by atoms with E-state index in [9.17, 15) is 0 Å². The van der Waals surface area contributed by atoms with Crippen molar-refractivity contribution in [2.24, 2.45) is 0 Å². The molecule has 0 fully saturated rings. The zero-order chi connectivity index (χ0) is 0. The van der Waals surface area contributed by atoms with E-state index in [1.807, 2.05) is 0 Å². The molecule has 0 saturated heterocycles. The summed E-state index contributed by atoms with van der Waals surface area (Å²) in [7, 11) is 0. The van der Waals surface area contributed by atoms with Gasteiger partial charge in [0.15, 0.2) is 0 Å². The molecule has 0 rings (SSSR count). The minimum atomic E-state index is 0. The van der Waals surface area contributed by atoms with Crippen molar-refractivity contribution in [3.63, 3.8) is 0 Å². The number of rotatable bonds is 0. The first-order valence-electron chi connectivity index (χ1n) is 0. The molecule has 0 radical (unpaired) electrons. The van der Waals surface area contributed by atoms with Gasteiger partial charge >= 0.3 is 18.0 Å². The molecular formula is H13AsO5. The third kappa shape index (κ3) is 383. The third-order valence-corrected chi connectivity index (χ3v) is 0. The Hall–Kier alpha value is 0.358. The van der Waals surface area contributed by atoms with Gasteiger partial charge in [-0.05, 0) is 0 Å². The molecule has 0 saturated carbocycles. The van der Waals surface area contributed by atoms with E-state index in [-0.39, 0.29) is 45.3 Å². The average molecular weight is 168 g/mol. The van der Waals surface area contributed by atoms with Crippen molar-refractivity contribution in [3.05, 3.63) is 0 Å². The fourth-order valence-electron chi connectivity index (χ4n) is 0. The monoisotopic (exact) mass is 168 g/mol. The fourth-order valence-corrected chi connectivity index (χ4v) is 0. The van der Waals surface area contributed by atoms with Crippen LogP contribution in [0, 0.1) is 0 Å². The molecule has 6 heteroatoms. The Morgan fingerprint density at radius 3 is 0.333 bits per heavy atom. The van der Waals surface area contributed by atoms with E-state index in [2.05, 4.69) is 0 Å². The normalized spacial score (nSPS) is 0. The van der Waals surface area contributed by atoms with Crippen LogP contribution in [0.25, 0.3) is 0 Å². The first-order valence-corrected chi connectivity index (χ1v) is 0. The first kappa shape index (κ1) is 1420. The van der Waals surface area contributed by atoms with Gasteiger partial charge in [0.1, 0.15) is 0 Å². The molecule has 0 aliphatic carbocycles. The molecule has 0 bridgehead atoms. The maximum atomic E-state index is 0. The van der Waals surface area contributed by atoms with E-state index >= 15 is 0 Å². The van der Waals surface area contributed by atoms with Gasteiger partial charge in [-0.15, -0.1) is 0 Å². The van der Waals surface area contributed by atoms with Crippen molar-refractivity contribution in [2.45, 2.75) is 0 Å². The summed E-state index contributed by atoms with van der Waals surface area (Å²) >= 11 is 0. The zero-order valence-corrected chi connectivity index (χ0v) is 6.17. The van der Waals surface area contributed by atoms with Gasteiger partial charge in [0.25, 0.3) is 0 Å². The second-order valence-electron chi connectivity index (χ2n) is 0. The Kier molecular flexibility index (Phi) is 188000. The average Bonchev–Trinajstić information content (AvgIpc) is 0. The van der Waals surface area contributed by atoms with Crippen LogP contribution in [0.4, 0.5) is 0 Å². The summed E-state index contributed by atoms with van der Waals surface area (Å²) in [6.07, 6.45) is 0. The summed E-state index contributed by atoms with van der Waals surface area (Å²) in [5, 5.41) is 0. The number of hydrogen-bond acceptors (Lipinski definition) is 0. The zero-order valence-electron chi connectivity index (χ0n) is 3.21. The molecule has 1 atom stereocenters. The Morgan fingerprint density at radius 1 is 0.333 bits per heavy atom. The summed E-state index contributed by atoms with van der Waals surface area (Å²) in [5.74, 6) is 0. The van der Waals surface area contributed by atoms with Gasteiger partial charge in [0.05, 0.1) is 0 Å². The summed E-state index contributed by atoms with van der Waals surface area (Å²) in [4.78, 5) is 0. The van der Waals surface area contributed by atoms with E-state index in [1.54, 1.807) is 0 Å². The van der Waals surface area contributed by atoms with Gasteiger partial charge in [-0.25, -0.2) is 0 Å². The summed E-state index contributed by atoms with van der Waals surface area (Å²) in [6, 6.07) is 0. The van der Waals surface area contributed by atoms with Crippen LogP contribution in [0.2, 0.25) is 0 Å². The molecule has 0 aromatic heterocycles. The second-order valence-corrected chi connectivity index (χ2v) is 0. The molecule has 0 spiro atoms. The van der Waals surface area contributed by atoms with Crippen molar-refractivity contribution in [2.75, 3.05) is 0 Å². The van der Waals surface area contributed by atoms with Crippen molar-refractivity contribution in [3.8, 4) is 0 Å². The van der Waals surface area contributed by atoms with Crippen LogP contribution in [0.3, 0.4) is 0 Å². The van der Waals surface area contributed by atoms with Crippen LogP contribution in [-0.2, 0) is 0 Å². The molecule has 10 N–H and O–H groups in total. The van der Waals surface area contributed by atoms with E-state index in [4.69, 9.17) is 0 Å². The predicted octanol–water partition coefficient (Wildman–Crippen LogP) is -5.31. The molecule has 5 nitrogen and oxygen atoms in total. The molecular weight excluding hydrogens is 155 g/mol. The van der Waals surface area contributed by atoms with Gasteiger partial charge in [-0.1, -0.05) is 0 Å². The standard InChI is InChI=1S/AsH3.5H2O/h1H3;5*1H2. The van der Waals surface area contributed by atoms with Gasteiger partial charge in [0.2, 0.25) is 0 Å². The summed E-state index contributed by atoms with van der Waals surface area (Å²) in [5.41, 5.74) is 0. The van der Waals surface area contributed by atoms with Crippen LogP contribution in [0.5, 0.6) is 0 Å². The first-order chi connectivity index (χ1) is 0. The van der Waals surface area contributed by atoms with Gasteiger partial charge in [-0.2, -0.15) is 0 Å². The van der Waals surface area contributed by atoms with Crippen LogP contribution in [0.15, 0.2) is 0 Å². The van der Waals surface area contributed by atoms with Crippen molar-refractivity contribution in [1.29, 1.82) is 0 Å². The molecule has 0 aliphatic heterocycles. The van der Waals surface area contributed by atoms with Gasteiger partial charge in [0, 0.05) is 0 Å². The van der Waals surface area contributed by atoms with Crippen LogP contribution < -0.4 is 0 Å². The van der Waals surface area contributed by atoms with Crippen LogP contribution in [-0.4, -0.2) is 45.3 Å². The van der Waals surface area contributed by atoms with Crippen molar-refractivity contribution < 1.29 is 27.4 Å². The van der Waals surface area contributed by atoms with E-state index in [0.29, 0.717) is 0 Å². The van der Waals surface area contributed by atoms with Crippen molar-refractivity contribution >= 4 is 18.0 Å². The third-order valence-electron chi connectivity index (χ3n) is 0. The molecule has 48 valence electrons. The molecule has 0 amide bonds. The topological polar surface area (TPSA) is 158 Å². The Morgan fingerprint density at radius 2 is 0.333 bits per heavy atom. The quantitative estimate of drug-likeness (QED) is 0.316. The molecule has 0 heterocycles. The van der Waals surface area contributed by atoms with E-state index < -0.39 is 0 Å². The molecule has 6 heavy (non-hydrogen) atoms. The SMILES string of the molecule is O.O.O.O.O.[AsH3]. The summed E-state index contributed by atoms with van der Waals surface area (Å²) in [6.45, 7) is 0. The molecule has 0 aromatic carbocycles. The van der Waals surface area contributed by atoms with Gasteiger partial charge < -0.3 is 27.4 Å². The molecule has 1 unspecified atom stereocenters. The maximum absolute atomic E-state index is 0. The van der Waals surface area contributed by atoms with Crippen LogP contribution >= 0.6 is 0 Å². The van der Waals surface area contributed by atoms with Gasteiger partial charge in [-0.3, -0.25) is 0 Å². The number of hydrogen-bond donors (Lipinski definition) is 0. The molecule has 0 aromatic rings. The van der Waals surface area contributed by atoms with Crippen molar-refractivity contribution in [1.82, 2.24) is 0 Å². The predicted molar refractivity (Wildman–Crippen MR) is 28.0 cm³/mol. The fraction of sp³-hybridized carbons (Fsp3) is 0. The summed E-state index contributed by atoms with van der Waals surface area (Å²) < 4.78 is 0. The minimum absolute atomic E-state index is 0. The second kappa shape index (κ2) is 792. The Bertz CT molecular complexity index is 3.90. The Balaban J connectivity index is 0. The van der Waals surface area contributed by atoms with E-state index in [0.717, 1.165) is 0 Å². The molecule has 0 aliphatic rings. The van der Waals surface area contributed by atoms with E-state index in [1.165, 1.54) is 0 Å². The Labute approximate surface area is 46.2 Å².